The number of hydrogen-bond acceptors (Lipinski definition) is 4. The second-order valence-electron chi connectivity index (χ2n) is 6.03. The maximum absolute atomic E-state index is 12.8. The van der Waals surface area contributed by atoms with Crippen LogP contribution in [-0.4, -0.2) is 24.1 Å². The molecule has 1 atom stereocenters. The third-order valence-electron chi connectivity index (χ3n) is 4.40. The van der Waals surface area contributed by atoms with Crippen molar-refractivity contribution < 1.29 is 19.1 Å². The van der Waals surface area contributed by atoms with Crippen LogP contribution in [0, 0.1) is 11.8 Å². The van der Waals surface area contributed by atoms with Gasteiger partial charge in [-0.05, 0) is 19.8 Å². The number of hydrogen-bond donors (Lipinski definition) is 0. The fourth-order valence-corrected chi connectivity index (χ4v) is 3.18. The number of ether oxygens (including phenoxy) is 1. The van der Waals surface area contributed by atoms with Crippen LogP contribution in [0.5, 0.6) is 0 Å². The molecule has 1 aromatic carbocycles. The van der Waals surface area contributed by atoms with Crippen LogP contribution in [0.2, 0.25) is 0 Å². The zero-order chi connectivity index (χ0) is 16.7. The summed E-state index contributed by atoms with van der Waals surface area (Å²) in [5.41, 5.74) is 0.478. The Morgan fingerprint density at radius 3 is 2.35 bits per heavy atom. The van der Waals surface area contributed by atoms with Crippen LogP contribution < -0.4 is 0 Å². The van der Waals surface area contributed by atoms with E-state index < -0.39 is 11.9 Å². The lowest BCUT2D eigenvalue weighted by atomic mass is 9.78. The summed E-state index contributed by atoms with van der Waals surface area (Å²) in [4.78, 5) is 37.4. The first kappa shape index (κ1) is 17.4. The van der Waals surface area contributed by atoms with Gasteiger partial charge in [0.2, 0.25) is 0 Å². The number of carbonyl (C=O) groups is 3. The van der Waals surface area contributed by atoms with Gasteiger partial charge >= 0.3 is 5.97 Å². The Bertz CT molecular complexity index is 544. The normalized spacial score (nSPS) is 16.6. The molecule has 4 heteroatoms. The standard InChI is InChI=1S/C19H24O4/c1-2-23-17(20)13-16(18(21)14-9-5-3-6-10-14)19(22)15-11-7-4-8-12-15/h3,5-6,9-10,15-16H,2,4,7-8,11-13H2,1H3. The van der Waals surface area contributed by atoms with Gasteiger partial charge in [0.05, 0.1) is 18.9 Å². The Labute approximate surface area is 137 Å². The molecule has 0 saturated heterocycles. The molecule has 0 amide bonds. The minimum Gasteiger partial charge on any atom is -0.466 e. The van der Waals surface area contributed by atoms with Crippen molar-refractivity contribution >= 4 is 17.5 Å². The van der Waals surface area contributed by atoms with Crippen molar-refractivity contribution in [3.63, 3.8) is 0 Å². The van der Waals surface area contributed by atoms with E-state index in [2.05, 4.69) is 0 Å². The number of carbonyl (C=O) groups excluding carboxylic acids is 3. The molecule has 0 spiro atoms. The lowest BCUT2D eigenvalue weighted by molar-refractivity contribution is -0.146. The van der Waals surface area contributed by atoms with E-state index in [-0.39, 0.29) is 30.5 Å². The van der Waals surface area contributed by atoms with Crippen molar-refractivity contribution in [2.75, 3.05) is 6.61 Å². The van der Waals surface area contributed by atoms with E-state index in [9.17, 15) is 14.4 Å². The molecule has 1 aliphatic rings. The quantitative estimate of drug-likeness (QED) is 0.438. The second kappa shape index (κ2) is 8.61. The third kappa shape index (κ3) is 4.75. The van der Waals surface area contributed by atoms with Gasteiger partial charge in [0.15, 0.2) is 5.78 Å². The number of Topliss-reactive ketones (excluding diaryl/α,β-unsaturated/α-hetero) is 2. The average Bonchev–Trinajstić information content (AvgIpc) is 2.60. The lowest BCUT2D eigenvalue weighted by Crippen LogP contribution is -2.33. The Morgan fingerprint density at radius 1 is 1.09 bits per heavy atom. The summed E-state index contributed by atoms with van der Waals surface area (Å²) in [6, 6.07) is 8.73. The summed E-state index contributed by atoms with van der Waals surface area (Å²) in [6.45, 7) is 1.97. The van der Waals surface area contributed by atoms with E-state index in [1.807, 2.05) is 6.07 Å². The molecule has 0 radical (unpaired) electrons. The summed E-state index contributed by atoms with van der Waals surface area (Å²) in [5.74, 6) is -1.86. The molecule has 4 nitrogen and oxygen atoms in total. The minimum atomic E-state index is -0.917. The zero-order valence-corrected chi connectivity index (χ0v) is 13.6. The van der Waals surface area contributed by atoms with Gasteiger partial charge < -0.3 is 4.74 Å². The molecule has 1 unspecified atom stereocenters. The molecule has 0 heterocycles. The fraction of sp³-hybridized carbons (Fsp3) is 0.526. The van der Waals surface area contributed by atoms with E-state index in [4.69, 9.17) is 4.74 Å². The third-order valence-corrected chi connectivity index (χ3v) is 4.40. The van der Waals surface area contributed by atoms with Gasteiger partial charge in [-0.3, -0.25) is 14.4 Å². The van der Waals surface area contributed by atoms with Crippen LogP contribution in [0.1, 0.15) is 55.8 Å². The summed E-state index contributed by atoms with van der Waals surface area (Å²) in [6.07, 6.45) is 4.65. The highest BCUT2D eigenvalue weighted by Crippen LogP contribution is 2.29. The largest absolute Gasteiger partial charge is 0.466 e. The van der Waals surface area contributed by atoms with Crippen LogP contribution in [0.25, 0.3) is 0 Å². The van der Waals surface area contributed by atoms with Gasteiger partial charge in [0, 0.05) is 11.5 Å². The number of benzene rings is 1. The van der Waals surface area contributed by atoms with Gasteiger partial charge in [-0.1, -0.05) is 49.6 Å². The molecule has 2 rings (SSSR count). The molecule has 0 N–H and O–H groups in total. The van der Waals surface area contributed by atoms with Crippen LogP contribution in [0.3, 0.4) is 0 Å². The Kier molecular flexibility index (Phi) is 6.51. The molecule has 0 aliphatic heterocycles. The topological polar surface area (TPSA) is 60.4 Å². The minimum absolute atomic E-state index is 0.0911. The van der Waals surface area contributed by atoms with Crippen molar-refractivity contribution in [3.05, 3.63) is 35.9 Å². The number of rotatable bonds is 7. The highest BCUT2D eigenvalue weighted by atomic mass is 16.5. The molecular weight excluding hydrogens is 292 g/mol. The molecular formula is C19H24O4. The van der Waals surface area contributed by atoms with Crippen molar-refractivity contribution in [2.24, 2.45) is 11.8 Å². The van der Waals surface area contributed by atoms with Gasteiger partial charge in [0.1, 0.15) is 5.78 Å². The molecule has 1 fully saturated rings. The van der Waals surface area contributed by atoms with E-state index in [0.717, 1.165) is 32.1 Å². The Balaban J connectivity index is 2.18. The molecule has 0 aromatic heterocycles. The van der Waals surface area contributed by atoms with E-state index in [1.54, 1.807) is 31.2 Å². The predicted octanol–water partition coefficient (Wildman–Crippen LogP) is 3.59. The second-order valence-corrected chi connectivity index (χ2v) is 6.03. The molecule has 0 bridgehead atoms. The van der Waals surface area contributed by atoms with Crippen molar-refractivity contribution in [1.82, 2.24) is 0 Å². The van der Waals surface area contributed by atoms with Crippen molar-refractivity contribution in [1.29, 1.82) is 0 Å². The highest BCUT2D eigenvalue weighted by molar-refractivity contribution is 6.12. The number of ketones is 2. The highest BCUT2D eigenvalue weighted by Gasteiger charge is 2.35. The summed E-state index contributed by atoms with van der Waals surface area (Å²) in [7, 11) is 0. The first-order valence-electron chi connectivity index (χ1n) is 8.42. The summed E-state index contributed by atoms with van der Waals surface area (Å²) >= 11 is 0. The van der Waals surface area contributed by atoms with E-state index in [1.165, 1.54) is 0 Å². The smallest absolute Gasteiger partial charge is 0.306 e. The maximum Gasteiger partial charge on any atom is 0.306 e. The molecule has 23 heavy (non-hydrogen) atoms. The Morgan fingerprint density at radius 2 is 1.74 bits per heavy atom. The molecule has 1 aromatic rings. The fourth-order valence-electron chi connectivity index (χ4n) is 3.18. The molecule has 1 saturated carbocycles. The van der Waals surface area contributed by atoms with Gasteiger partial charge in [-0.25, -0.2) is 0 Å². The van der Waals surface area contributed by atoms with Crippen molar-refractivity contribution in [3.8, 4) is 0 Å². The van der Waals surface area contributed by atoms with Crippen LogP contribution in [0.15, 0.2) is 30.3 Å². The van der Waals surface area contributed by atoms with Gasteiger partial charge in [-0.2, -0.15) is 0 Å². The van der Waals surface area contributed by atoms with E-state index >= 15 is 0 Å². The maximum atomic E-state index is 12.8. The van der Waals surface area contributed by atoms with Crippen LogP contribution in [0.4, 0.5) is 0 Å². The van der Waals surface area contributed by atoms with Crippen LogP contribution in [-0.2, 0) is 14.3 Å². The number of esters is 1. The average molecular weight is 316 g/mol. The summed E-state index contributed by atoms with van der Waals surface area (Å²) < 4.78 is 4.95. The van der Waals surface area contributed by atoms with Crippen molar-refractivity contribution in [2.45, 2.75) is 45.4 Å². The summed E-state index contributed by atoms with van der Waals surface area (Å²) in [5, 5.41) is 0. The lowest BCUT2D eigenvalue weighted by Gasteiger charge is -2.24. The van der Waals surface area contributed by atoms with Crippen LogP contribution >= 0.6 is 0 Å². The van der Waals surface area contributed by atoms with Gasteiger partial charge in [-0.15, -0.1) is 0 Å². The predicted molar refractivity (Wildman–Crippen MR) is 87.1 cm³/mol. The first-order chi connectivity index (χ1) is 11.1. The monoisotopic (exact) mass is 316 g/mol. The molecule has 124 valence electrons. The first-order valence-corrected chi connectivity index (χ1v) is 8.42. The zero-order valence-electron chi connectivity index (χ0n) is 13.6. The van der Waals surface area contributed by atoms with Gasteiger partial charge in [0.25, 0.3) is 0 Å². The molecule has 1 aliphatic carbocycles. The SMILES string of the molecule is CCOC(=O)CC(C(=O)c1ccccc1)C(=O)C1CCCCC1. The Hall–Kier alpha value is -1.97. The van der Waals surface area contributed by atoms with E-state index in [0.29, 0.717) is 5.56 Å².